The lowest BCUT2D eigenvalue weighted by Crippen LogP contribution is -2.19. The molecule has 0 saturated carbocycles. The Morgan fingerprint density at radius 1 is 1.29 bits per heavy atom. The van der Waals surface area contributed by atoms with Crippen molar-refractivity contribution in [3.05, 3.63) is 29.6 Å². The summed E-state index contributed by atoms with van der Waals surface area (Å²) >= 11 is 0. The first kappa shape index (κ1) is 17.9. The summed E-state index contributed by atoms with van der Waals surface area (Å²) in [6.07, 6.45) is 1.59. The summed E-state index contributed by atoms with van der Waals surface area (Å²) in [4.78, 5) is 0. The van der Waals surface area contributed by atoms with Crippen molar-refractivity contribution in [3.63, 3.8) is 0 Å². The van der Waals surface area contributed by atoms with Crippen LogP contribution in [0.1, 0.15) is 25.8 Å². The van der Waals surface area contributed by atoms with E-state index in [2.05, 4.69) is 19.2 Å². The number of halogens is 1. The van der Waals surface area contributed by atoms with Crippen LogP contribution < -0.4 is 10.1 Å². The maximum Gasteiger partial charge on any atom is 0.147 e. The van der Waals surface area contributed by atoms with E-state index in [9.17, 15) is 12.8 Å². The van der Waals surface area contributed by atoms with E-state index in [0.717, 1.165) is 12.1 Å². The minimum absolute atomic E-state index is 0.0745. The zero-order valence-electron chi connectivity index (χ0n) is 12.9. The third-order valence-corrected chi connectivity index (χ3v) is 3.77. The maximum atomic E-state index is 13.5. The molecule has 0 amide bonds. The lowest BCUT2D eigenvalue weighted by atomic mass is 10.2. The fraction of sp³-hybridized carbons (Fsp3) is 0.600. The van der Waals surface area contributed by atoms with Crippen molar-refractivity contribution in [2.75, 3.05) is 25.2 Å². The van der Waals surface area contributed by atoms with Crippen molar-refractivity contribution < 1.29 is 17.5 Å². The molecule has 0 atom stereocenters. The van der Waals surface area contributed by atoms with Gasteiger partial charge in [-0.1, -0.05) is 13.8 Å². The molecular formula is C15H24FNO3S. The van der Waals surface area contributed by atoms with E-state index in [-0.39, 0.29) is 18.2 Å². The first-order chi connectivity index (χ1) is 9.76. The molecule has 0 aliphatic rings. The van der Waals surface area contributed by atoms with Gasteiger partial charge in [0.25, 0.3) is 0 Å². The van der Waals surface area contributed by atoms with Crippen LogP contribution in [-0.2, 0) is 16.4 Å². The Morgan fingerprint density at radius 2 is 2.00 bits per heavy atom. The van der Waals surface area contributed by atoms with Gasteiger partial charge in [0.05, 0.1) is 12.4 Å². The van der Waals surface area contributed by atoms with Crippen LogP contribution in [0.4, 0.5) is 4.39 Å². The van der Waals surface area contributed by atoms with Crippen molar-refractivity contribution in [2.24, 2.45) is 5.92 Å². The molecule has 0 unspecified atom stereocenters. The average Bonchev–Trinajstić information content (AvgIpc) is 2.32. The molecule has 4 nitrogen and oxygen atoms in total. The van der Waals surface area contributed by atoms with E-state index >= 15 is 0 Å². The Labute approximate surface area is 126 Å². The van der Waals surface area contributed by atoms with Crippen molar-refractivity contribution in [3.8, 4) is 5.75 Å². The zero-order valence-corrected chi connectivity index (χ0v) is 13.7. The number of hydrogen-bond acceptors (Lipinski definition) is 4. The van der Waals surface area contributed by atoms with Crippen molar-refractivity contribution >= 4 is 9.84 Å². The molecular weight excluding hydrogens is 293 g/mol. The quantitative estimate of drug-likeness (QED) is 0.711. The molecule has 120 valence electrons. The molecule has 6 heteroatoms. The summed E-state index contributed by atoms with van der Waals surface area (Å²) in [5.74, 6) is 0.692. The third kappa shape index (κ3) is 8.67. The molecule has 0 fully saturated rings. The molecule has 1 aromatic carbocycles. The summed E-state index contributed by atoms with van der Waals surface area (Å²) in [5.41, 5.74) is 0.814. The largest absolute Gasteiger partial charge is 0.493 e. The summed E-state index contributed by atoms with van der Waals surface area (Å²) in [5, 5.41) is 3.24. The minimum Gasteiger partial charge on any atom is -0.493 e. The van der Waals surface area contributed by atoms with Gasteiger partial charge in [-0.2, -0.15) is 0 Å². The lowest BCUT2D eigenvalue weighted by molar-refractivity contribution is 0.315. The summed E-state index contributed by atoms with van der Waals surface area (Å²) in [6.45, 7) is 5.91. The van der Waals surface area contributed by atoms with E-state index in [0.29, 0.717) is 24.6 Å². The maximum absolute atomic E-state index is 13.5. The fourth-order valence-corrected chi connectivity index (χ4v) is 2.46. The molecule has 0 saturated heterocycles. The van der Waals surface area contributed by atoms with Gasteiger partial charge in [-0.3, -0.25) is 0 Å². The summed E-state index contributed by atoms with van der Waals surface area (Å²) in [7, 11) is -2.98. The summed E-state index contributed by atoms with van der Waals surface area (Å²) < 4.78 is 40.9. The number of nitrogens with one attached hydrogen (secondary N) is 1. The molecule has 0 spiro atoms. The predicted molar refractivity (Wildman–Crippen MR) is 82.8 cm³/mol. The second kappa shape index (κ2) is 8.34. The van der Waals surface area contributed by atoms with Crippen molar-refractivity contribution in [2.45, 2.75) is 26.8 Å². The second-order valence-corrected chi connectivity index (χ2v) is 7.91. The number of ether oxygens (including phenoxy) is 1. The number of rotatable bonds is 9. The molecule has 0 bridgehead atoms. The number of sulfone groups is 1. The minimum atomic E-state index is -2.98. The van der Waals surface area contributed by atoms with Gasteiger partial charge in [0.15, 0.2) is 0 Å². The number of benzene rings is 1. The van der Waals surface area contributed by atoms with Gasteiger partial charge in [-0.15, -0.1) is 0 Å². The van der Waals surface area contributed by atoms with Crippen LogP contribution in [0.25, 0.3) is 0 Å². The van der Waals surface area contributed by atoms with Crippen LogP contribution in [-0.4, -0.2) is 33.6 Å². The van der Waals surface area contributed by atoms with E-state index in [1.54, 1.807) is 6.07 Å². The third-order valence-electron chi connectivity index (χ3n) is 2.74. The predicted octanol–water partition coefficient (Wildman–Crippen LogP) is 2.38. The van der Waals surface area contributed by atoms with E-state index in [4.69, 9.17) is 4.74 Å². The fourth-order valence-electron chi connectivity index (χ4n) is 1.82. The Bertz CT molecular complexity index is 544. The van der Waals surface area contributed by atoms with Crippen LogP contribution in [0, 0.1) is 11.7 Å². The lowest BCUT2D eigenvalue weighted by Gasteiger charge is -2.10. The Kier molecular flexibility index (Phi) is 7.11. The SMILES string of the molecule is CC(C)CNCc1cc(F)cc(OCCCS(C)(=O)=O)c1. The van der Waals surface area contributed by atoms with Crippen LogP contribution in [0.2, 0.25) is 0 Å². The highest BCUT2D eigenvalue weighted by molar-refractivity contribution is 7.90. The van der Waals surface area contributed by atoms with Crippen LogP contribution in [0.5, 0.6) is 5.75 Å². The molecule has 0 radical (unpaired) electrons. The Hall–Kier alpha value is -1.14. The normalized spacial score (nSPS) is 11.9. The van der Waals surface area contributed by atoms with Crippen LogP contribution in [0.3, 0.4) is 0 Å². The average molecular weight is 317 g/mol. The monoisotopic (exact) mass is 317 g/mol. The van der Waals surface area contributed by atoms with Gasteiger partial charge in [0, 0.05) is 18.9 Å². The standard InChI is InChI=1S/C15H24FNO3S/c1-12(2)10-17-11-13-7-14(16)9-15(8-13)20-5-4-6-21(3,18)19/h7-9,12,17H,4-6,10-11H2,1-3H3. The van der Waals surface area contributed by atoms with Gasteiger partial charge in [-0.05, 0) is 36.6 Å². The molecule has 0 aromatic heterocycles. The highest BCUT2D eigenvalue weighted by atomic mass is 32.2. The molecule has 1 N–H and O–H groups in total. The highest BCUT2D eigenvalue weighted by Gasteiger charge is 2.05. The second-order valence-electron chi connectivity index (χ2n) is 5.65. The summed E-state index contributed by atoms with van der Waals surface area (Å²) in [6, 6.07) is 4.56. The number of hydrogen-bond donors (Lipinski definition) is 1. The zero-order chi connectivity index (χ0) is 15.9. The topological polar surface area (TPSA) is 55.4 Å². The smallest absolute Gasteiger partial charge is 0.147 e. The molecule has 1 rings (SSSR count). The first-order valence-corrected chi connectivity index (χ1v) is 9.13. The van der Waals surface area contributed by atoms with Gasteiger partial charge in [0.2, 0.25) is 0 Å². The molecule has 21 heavy (non-hydrogen) atoms. The van der Waals surface area contributed by atoms with Crippen molar-refractivity contribution in [1.29, 1.82) is 0 Å². The van der Waals surface area contributed by atoms with Gasteiger partial charge in [0.1, 0.15) is 21.4 Å². The molecule has 0 aliphatic heterocycles. The Morgan fingerprint density at radius 3 is 2.62 bits per heavy atom. The molecule has 0 heterocycles. The highest BCUT2D eigenvalue weighted by Crippen LogP contribution is 2.17. The Balaban J connectivity index is 2.49. The van der Waals surface area contributed by atoms with Crippen molar-refractivity contribution in [1.82, 2.24) is 5.32 Å². The van der Waals surface area contributed by atoms with Crippen LogP contribution >= 0.6 is 0 Å². The van der Waals surface area contributed by atoms with E-state index < -0.39 is 9.84 Å². The molecule has 1 aromatic rings. The van der Waals surface area contributed by atoms with Gasteiger partial charge < -0.3 is 10.1 Å². The van der Waals surface area contributed by atoms with Crippen LogP contribution in [0.15, 0.2) is 18.2 Å². The first-order valence-electron chi connectivity index (χ1n) is 7.07. The van der Waals surface area contributed by atoms with Gasteiger partial charge >= 0.3 is 0 Å². The molecule has 0 aliphatic carbocycles. The van der Waals surface area contributed by atoms with E-state index in [1.807, 2.05) is 0 Å². The van der Waals surface area contributed by atoms with E-state index in [1.165, 1.54) is 18.4 Å². The van der Waals surface area contributed by atoms with Gasteiger partial charge in [-0.25, -0.2) is 12.8 Å².